The molecule has 2 fully saturated rings. The highest BCUT2D eigenvalue weighted by atomic mass is 19.4. The minimum atomic E-state index is -4.35. The number of rotatable bonds is 4. The summed E-state index contributed by atoms with van der Waals surface area (Å²) in [5.74, 6) is 0.832. The maximum absolute atomic E-state index is 12.7. The molecule has 0 amide bonds. The molecule has 0 saturated carbocycles. The molecule has 0 bridgehead atoms. The van der Waals surface area contributed by atoms with Crippen molar-refractivity contribution in [1.29, 1.82) is 0 Å². The minimum absolute atomic E-state index is 0.326. The number of hydrogen-bond acceptors (Lipinski definition) is 5. The molecule has 1 aromatic heterocycles. The molecule has 0 radical (unpaired) electrons. The van der Waals surface area contributed by atoms with E-state index < -0.39 is 11.7 Å². The van der Waals surface area contributed by atoms with Gasteiger partial charge in [-0.2, -0.15) is 18.2 Å². The number of likely N-dealkylation sites (tertiary alicyclic amines) is 2. The Bertz CT molecular complexity index is 761. The summed E-state index contributed by atoms with van der Waals surface area (Å²) in [4.78, 5) is 9.31. The van der Waals surface area contributed by atoms with Gasteiger partial charge in [-0.1, -0.05) is 23.7 Å². The van der Waals surface area contributed by atoms with Gasteiger partial charge in [0.2, 0.25) is 11.7 Å². The van der Waals surface area contributed by atoms with E-state index in [4.69, 9.17) is 4.52 Å². The Morgan fingerprint density at radius 3 is 2.29 bits per heavy atom. The van der Waals surface area contributed by atoms with Crippen LogP contribution >= 0.6 is 0 Å². The average Bonchev–Trinajstić information content (AvgIpc) is 3.17. The van der Waals surface area contributed by atoms with Crippen molar-refractivity contribution in [3.05, 3.63) is 35.7 Å². The third-order valence-electron chi connectivity index (χ3n) is 5.76. The van der Waals surface area contributed by atoms with Crippen molar-refractivity contribution in [3.63, 3.8) is 0 Å². The van der Waals surface area contributed by atoms with E-state index in [0.29, 0.717) is 29.9 Å². The van der Waals surface area contributed by atoms with Crippen LogP contribution in [0.25, 0.3) is 11.4 Å². The van der Waals surface area contributed by atoms with Crippen LogP contribution in [0.2, 0.25) is 0 Å². The van der Waals surface area contributed by atoms with E-state index in [1.165, 1.54) is 44.5 Å². The van der Waals surface area contributed by atoms with E-state index in [-0.39, 0.29) is 0 Å². The largest absolute Gasteiger partial charge is 0.416 e. The number of halogens is 3. The molecular weight excluding hydrogens is 369 g/mol. The Morgan fingerprint density at radius 1 is 0.964 bits per heavy atom. The van der Waals surface area contributed by atoms with Crippen molar-refractivity contribution >= 4 is 0 Å². The summed E-state index contributed by atoms with van der Waals surface area (Å²) < 4.78 is 43.4. The second kappa shape index (κ2) is 8.21. The van der Waals surface area contributed by atoms with Gasteiger partial charge in [0.15, 0.2) is 0 Å². The molecule has 0 aliphatic carbocycles. The van der Waals surface area contributed by atoms with Crippen molar-refractivity contribution in [2.24, 2.45) is 0 Å². The summed E-state index contributed by atoms with van der Waals surface area (Å²) in [6.45, 7) is 5.04. The van der Waals surface area contributed by atoms with Gasteiger partial charge in [0.05, 0.1) is 12.1 Å². The van der Waals surface area contributed by atoms with Crippen LogP contribution in [0.15, 0.2) is 28.8 Å². The lowest BCUT2D eigenvalue weighted by molar-refractivity contribution is -0.137. The highest BCUT2D eigenvalue weighted by molar-refractivity contribution is 5.54. The van der Waals surface area contributed by atoms with Crippen molar-refractivity contribution in [3.8, 4) is 11.4 Å². The first kappa shape index (κ1) is 19.4. The summed E-state index contributed by atoms with van der Waals surface area (Å²) in [6.07, 6.45) is 1.94. The van der Waals surface area contributed by atoms with E-state index in [2.05, 4.69) is 19.9 Å². The zero-order chi connectivity index (χ0) is 19.6. The molecule has 152 valence electrons. The Morgan fingerprint density at radius 2 is 1.64 bits per heavy atom. The van der Waals surface area contributed by atoms with Gasteiger partial charge in [0.1, 0.15) is 0 Å². The SMILES string of the molecule is FC(F)(F)c1ccc(-c2noc(CN3CCC(N4CCCCC4)CC3)n2)cc1. The first-order chi connectivity index (χ1) is 13.5. The van der Waals surface area contributed by atoms with Crippen molar-refractivity contribution in [2.45, 2.75) is 50.9 Å². The number of nitrogens with zero attached hydrogens (tertiary/aromatic N) is 4. The molecule has 0 atom stereocenters. The van der Waals surface area contributed by atoms with Crippen molar-refractivity contribution < 1.29 is 17.7 Å². The number of alkyl halides is 3. The second-order valence-electron chi connectivity index (χ2n) is 7.69. The predicted molar refractivity (Wildman–Crippen MR) is 98.5 cm³/mol. The second-order valence-corrected chi connectivity index (χ2v) is 7.69. The summed E-state index contributed by atoms with van der Waals surface area (Å²) in [5, 5.41) is 3.93. The Kier molecular flexibility index (Phi) is 5.68. The monoisotopic (exact) mass is 394 g/mol. The molecule has 2 aliphatic rings. The van der Waals surface area contributed by atoms with E-state index in [9.17, 15) is 13.2 Å². The fourth-order valence-electron chi connectivity index (χ4n) is 4.16. The quantitative estimate of drug-likeness (QED) is 0.778. The first-order valence-corrected chi connectivity index (χ1v) is 9.96. The summed E-state index contributed by atoms with van der Waals surface area (Å²) in [7, 11) is 0. The van der Waals surface area contributed by atoms with E-state index in [1.54, 1.807) is 0 Å². The molecule has 8 heteroatoms. The molecular formula is C20H25F3N4O. The first-order valence-electron chi connectivity index (χ1n) is 9.96. The highest BCUT2D eigenvalue weighted by Gasteiger charge is 2.30. The number of piperidine rings is 2. The molecule has 1 aromatic carbocycles. The van der Waals surface area contributed by atoms with Crippen LogP contribution < -0.4 is 0 Å². The molecule has 3 heterocycles. The number of benzene rings is 1. The summed E-state index contributed by atoms with van der Waals surface area (Å²) >= 11 is 0. The molecule has 0 unspecified atom stereocenters. The summed E-state index contributed by atoms with van der Waals surface area (Å²) in [6, 6.07) is 5.51. The average molecular weight is 394 g/mol. The minimum Gasteiger partial charge on any atom is -0.338 e. The lowest BCUT2D eigenvalue weighted by Crippen LogP contribution is -2.46. The smallest absolute Gasteiger partial charge is 0.338 e. The molecule has 2 aliphatic heterocycles. The van der Waals surface area contributed by atoms with E-state index >= 15 is 0 Å². The van der Waals surface area contributed by atoms with Crippen LogP contribution in [-0.2, 0) is 12.7 Å². The lowest BCUT2D eigenvalue weighted by Gasteiger charge is -2.39. The Balaban J connectivity index is 1.31. The summed E-state index contributed by atoms with van der Waals surface area (Å²) in [5.41, 5.74) is -0.164. The van der Waals surface area contributed by atoms with Gasteiger partial charge >= 0.3 is 6.18 Å². The molecule has 2 aromatic rings. The Labute approximate surface area is 162 Å². The maximum Gasteiger partial charge on any atom is 0.416 e. The zero-order valence-electron chi connectivity index (χ0n) is 15.8. The van der Waals surface area contributed by atoms with Crippen LogP contribution in [-0.4, -0.2) is 52.2 Å². The molecule has 2 saturated heterocycles. The number of hydrogen-bond donors (Lipinski definition) is 0. The Hall–Kier alpha value is -1.93. The normalized spacial score (nSPS) is 20.5. The fraction of sp³-hybridized carbons (Fsp3) is 0.600. The van der Waals surface area contributed by atoms with E-state index in [0.717, 1.165) is 38.1 Å². The molecule has 0 N–H and O–H groups in total. The predicted octanol–water partition coefficient (Wildman–Crippen LogP) is 4.21. The van der Waals surface area contributed by atoms with Crippen molar-refractivity contribution in [1.82, 2.24) is 19.9 Å². The topological polar surface area (TPSA) is 45.4 Å². The zero-order valence-corrected chi connectivity index (χ0v) is 15.8. The highest BCUT2D eigenvalue weighted by Crippen LogP contribution is 2.30. The van der Waals surface area contributed by atoms with Crippen LogP contribution in [0.1, 0.15) is 43.6 Å². The van der Waals surface area contributed by atoms with E-state index in [1.807, 2.05) is 0 Å². The van der Waals surface area contributed by atoms with Gasteiger partial charge in [-0.15, -0.1) is 0 Å². The van der Waals surface area contributed by atoms with Gasteiger partial charge in [-0.05, 0) is 50.9 Å². The van der Waals surface area contributed by atoms with Gasteiger partial charge < -0.3 is 9.42 Å². The molecule has 0 spiro atoms. The van der Waals surface area contributed by atoms with Crippen LogP contribution in [0.5, 0.6) is 0 Å². The number of aromatic nitrogens is 2. The maximum atomic E-state index is 12.7. The van der Waals surface area contributed by atoms with Crippen LogP contribution in [0, 0.1) is 0 Å². The third-order valence-corrected chi connectivity index (χ3v) is 5.76. The van der Waals surface area contributed by atoms with Crippen molar-refractivity contribution in [2.75, 3.05) is 26.2 Å². The molecule has 4 rings (SSSR count). The third kappa shape index (κ3) is 4.55. The van der Waals surface area contributed by atoms with Crippen LogP contribution in [0.3, 0.4) is 0 Å². The van der Waals surface area contributed by atoms with Gasteiger partial charge in [0, 0.05) is 24.7 Å². The molecule has 28 heavy (non-hydrogen) atoms. The fourth-order valence-corrected chi connectivity index (χ4v) is 4.16. The van der Waals surface area contributed by atoms with Gasteiger partial charge in [-0.25, -0.2) is 0 Å². The standard InChI is InChI=1S/C20H25F3N4O/c21-20(22,23)16-6-4-15(5-7-16)19-24-18(28-25-19)14-26-12-8-17(9-13-26)27-10-2-1-3-11-27/h4-7,17H,1-3,8-14H2. The van der Waals surface area contributed by atoms with Crippen LogP contribution in [0.4, 0.5) is 13.2 Å². The lowest BCUT2D eigenvalue weighted by atomic mass is 10.00. The van der Waals surface area contributed by atoms with Gasteiger partial charge in [-0.3, -0.25) is 4.90 Å². The molecule has 5 nitrogen and oxygen atoms in total. The van der Waals surface area contributed by atoms with Gasteiger partial charge in [0.25, 0.3) is 0 Å².